The van der Waals surface area contributed by atoms with E-state index in [4.69, 9.17) is 9.96 Å². The van der Waals surface area contributed by atoms with E-state index >= 15 is 0 Å². The maximum atomic E-state index is 14.7. The number of benzene rings is 3. The number of rotatable bonds is 13. The molecule has 15 heteroatoms. The maximum absolute atomic E-state index is 14.7. The van der Waals surface area contributed by atoms with Crippen LogP contribution >= 0.6 is 0 Å². The zero-order chi connectivity index (χ0) is 36.4. The molecule has 0 unspecified atom stereocenters. The number of allylic oxidation sites excluding steroid dienone is 1. The zero-order valence-electron chi connectivity index (χ0n) is 28.5. The summed E-state index contributed by atoms with van der Waals surface area (Å²) in [6.45, 7) is 19.2. The van der Waals surface area contributed by atoms with Crippen molar-refractivity contribution < 1.29 is 51.0 Å². The van der Waals surface area contributed by atoms with Crippen molar-refractivity contribution >= 4 is 33.5 Å². The summed E-state index contributed by atoms with van der Waals surface area (Å²) in [6.07, 6.45) is -5.63. The average molecular weight is 746 g/mol. The topological polar surface area (TPSA) is 47.0 Å². The molecule has 0 spiro atoms. The normalized spacial score (nSPS) is 12.8. The van der Waals surface area contributed by atoms with Gasteiger partial charge in [0.25, 0.3) is 0 Å². The molecule has 0 saturated carbocycles. The van der Waals surface area contributed by atoms with Crippen LogP contribution in [0.2, 0.25) is 39.3 Å². The van der Waals surface area contributed by atoms with E-state index in [9.17, 15) is 30.7 Å². The minimum atomic E-state index is -5.63. The molecule has 0 heterocycles. The van der Waals surface area contributed by atoms with Gasteiger partial charge in [-0.3, -0.25) is 0 Å². The minimum absolute atomic E-state index is 0.0289. The number of hydrogen-bond acceptors (Lipinski definition) is 3. The Morgan fingerprint density at radius 1 is 0.708 bits per heavy atom. The minimum Gasteiger partial charge on any atom is -0.664 e. The molecule has 0 aliphatic heterocycles. The predicted octanol–water partition coefficient (Wildman–Crippen LogP) is 10.9. The van der Waals surface area contributed by atoms with Crippen LogP contribution < -0.4 is 4.90 Å². The van der Waals surface area contributed by atoms with Gasteiger partial charge in [-0.05, 0) is 20.1 Å². The van der Waals surface area contributed by atoms with Crippen molar-refractivity contribution in [3.05, 3.63) is 111 Å². The second kappa shape index (κ2) is 18.0. The quantitative estimate of drug-likeness (QED) is 0.0994. The molecule has 5 nitrogen and oxygen atoms in total. The van der Waals surface area contributed by atoms with Crippen LogP contribution in [0.5, 0.6) is 0 Å². The SMILES string of the molecule is C/C(=C(\[N]=[Ti+2])c1c(F)c(F)c(C(F)(F)F)c(F)c1F)N(c1ccccc1)c1ccccc1.CN(CC[N-][Si](C)(C)C)CC[N-][Si](C)(C)C. The van der Waals surface area contributed by atoms with Gasteiger partial charge in [0.2, 0.25) is 0 Å². The third-order valence-electron chi connectivity index (χ3n) is 6.74. The monoisotopic (exact) mass is 745 g/mol. The fourth-order valence-corrected chi connectivity index (χ4v) is 6.40. The molecular weight excluding hydrogens is 703 g/mol. The van der Waals surface area contributed by atoms with Gasteiger partial charge in [0.15, 0.2) is 0 Å². The molecule has 3 aromatic rings. The largest absolute Gasteiger partial charge is 0.664 e. The van der Waals surface area contributed by atoms with Crippen LogP contribution in [0.4, 0.5) is 42.1 Å². The summed E-state index contributed by atoms with van der Waals surface area (Å²) in [6, 6.07) is 16.9. The Balaban J connectivity index is 0.000000424. The fraction of sp³-hybridized carbons (Fsp3) is 0.394. The molecule has 3 rings (SSSR count). The van der Waals surface area contributed by atoms with Crippen molar-refractivity contribution in [1.82, 2.24) is 4.90 Å². The summed E-state index contributed by atoms with van der Waals surface area (Å²) in [4.78, 5) is 13.3. The van der Waals surface area contributed by atoms with Crippen LogP contribution in [0.3, 0.4) is 0 Å². The number of para-hydroxylation sites is 2. The van der Waals surface area contributed by atoms with Crippen molar-refractivity contribution in [3.63, 3.8) is 0 Å². The smallest absolute Gasteiger partial charge is 0.0135 e. The Bertz CT molecular complexity index is 1440. The molecule has 48 heavy (non-hydrogen) atoms. The van der Waals surface area contributed by atoms with Gasteiger partial charge in [-0.2, -0.15) is 0 Å². The van der Waals surface area contributed by atoms with E-state index in [1.54, 1.807) is 60.7 Å². The number of alkyl halides is 3. The van der Waals surface area contributed by atoms with Crippen molar-refractivity contribution in [3.8, 4) is 0 Å². The number of nitrogens with zero attached hydrogens (tertiary/aromatic N) is 5. The van der Waals surface area contributed by atoms with Crippen molar-refractivity contribution in [2.75, 3.05) is 38.1 Å². The Morgan fingerprint density at radius 2 is 1.08 bits per heavy atom. The van der Waals surface area contributed by atoms with Crippen LogP contribution in [-0.2, 0) is 26.4 Å². The third kappa shape index (κ3) is 12.5. The molecule has 260 valence electrons. The second-order valence-electron chi connectivity index (χ2n) is 13.0. The number of halogens is 7. The average Bonchev–Trinajstić information content (AvgIpc) is 2.98. The first-order valence-corrected chi connectivity index (χ1v) is 22.8. The van der Waals surface area contributed by atoms with E-state index in [0.29, 0.717) is 11.4 Å². The van der Waals surface area contributed by atoms with Gasteiger partial charge in [0, 0.05) is 0 Å². The Kier molecular flexibility index (Phi) is 15.6. The van der Waals surface area contributed by atoms with Crippen LogP contribution in [0, 0.1) is 23.3 Å². The Labute approximate surface area is 293 Å². The van der Waals surface area contributed by atoms with E-state index in [1.807, 2.05) is 0 Å². The van der Waals surface area contributed by atoms with Gasteiger partial charge in [-0.15, -0.1) is 13.1 Å². The summed E-state index contributed by atoms with van der Waals surface area (Å²) in [7, 11) is -0.241. The van der Waals surface area contributed by atoms with Gasteiger partial charge >= 0.3 is 190 Å². The molecule has 0 aromatic heterocycles. The number of likely N-dealkylation sites (N-methyl/N-ethyl adjacent to an activating group) is 1. The van der Waals surface area contributed by atoms with E-state index in [2.05, 4.69) is 54.6 Å². The van der Waals surface area contributed by atoms with Crippen molar-refractivity contribution in [2.45, 2.75) is 52.4 Å². The van der Waals surface area contributed by atoms with Crippen LogP contribution in [0.15, 0.2) is 69.8 Å². The molecule has 0 bridgehead atoms. The van der Waals surface area contributed by atoms with Crippen molar-refractivity contribution in [1.29, 1.82) is 0 Å². The standard InChI is InChI=1S/C22H13F7N2.C11H29N3Si2.Ti/c1-12(31(13-8-4-2-5-9-13)14-10-6-3-7-11-14)21(30)15-17(23)19(25)16(22(27,28)29)20(26)18(15)24;1-14(10-8-12-15(2,3)4)11-9-13-16(5,6)7;/h2-11H,1H3;8-11H2,1-7H3;/q;-2;+2/b21-12+;;. The molecule has 0 N–H and O–H groups in total. The van der Waals surface area contributed by atoms with E-state index in [1.165, 1.54) is 11.8 Å². The van der Waals surface area contributed by atoms with E-state index < -0.39 is 62.7 Å². The molecule has 0 aliphatic rings. The summed E-state index contributed by atoms with van der Waals surface area (Å²) in [5.41, 5.74) is -3.45. The molecule has 0 radical (unpaired) electrons. The molecule has 3 aromatic carbocycles. The van der Waals surface area contributed by atoms with Gasteiger partial charge in [-0.25, -0.2) is 0 Å². The van der Waals surface area contributed by atoms with Gasteiger partial charge in [0.1, 0.15) is 0 Å². The fourth-order valence-electron chi connectivity index (χ4n) is 4.43. The first-order valence-electron chi connectivity index (χ1n) is 15.2. The van der Waals surface area contributed by atoms with E-state index in [0.717, 1.165) is 46.4 Å². The molecule has 0 atom stereocenters. The molecule has 0 saturated heterocycles. The first-order chi connectivity index (χ1) is 22.2. The molecule has 0 fully saturated rings. The number of anilines is 2. The van der Waals surface area contributed by atoms with Crippen molar-refractivity contribution in [2.24, 2.45) is 3.42 Å². The van der Waals surface area contributed by atoms with E-state index in [-0.39, 0.29) is 5.70 Å². The molecular formula is C33H42F7N5Si2Ti. The molecule has 0 amide bonds. The second-order valence-corrected chi connectivity index (χ2v) is 22.6. The Hall–Kier alpha value is -2.46. The summed E-state index contributed by atoms with van der Waals surface area (Å²) in [5.74, 6) is -9.44. The Morgan fingerprint density at radius 3 is 1.40 bits per heavy atom. The van der Waals surface area contributed by atoms with Gasteiger partial charge < -0.3 is 14.9 Å². The van der Waals surface area contributed by atoms with Crippen LogP contribution in [0.1, 0.15) is 18.1 Å². The zero-order valence-corrected chi connectivity index (χ0v) is 32.0. The number of hydrogen-bond donors (Lipinski definition) is 0. The summed E-state index contributed by atoms with van der Waals surface area (Å²) < 4.78 is 101. The van der Waals surface area contributed by atoms with Gasteiger partial charge in [-0.1, -0.05) is 55.8 Å². The first kappa shape index (κ1) is 41.7. The summed E-state index contributed by atoms with van der Waals surface area (Å²) >= 11 is 1.11. The van der Waals surface area contributed by atoms with Gasteiger partial charge in [0.05, 0.1) is 0 Å². The van der Waals surface area contributed by atoms with Crippen LogP contribution in [0.25, 0.3) is 15.7 Å². The third-order valence-corrected chi connectivity index (χ3v) is 9.43. The summed E-state index contributed by atoms with van der Waals surface area (Å²) in [5, 5.41) is 0. The molecule has 0 aliphatic carbocycles. The maximum Gasteiger partial charge on any atom is -0.0135 e. The van der Waals surface area contributed by atoms with Crippen LogP contribution in [-0.4, -0.2) is 54.6 Å². The predicted molar refractivity (Wildman–Crippen MR) is 182 cm³/mol.